The summed E-state index contributed by atoms with van der Waals surface area (Å²) in [6, 6.07) is 9.31. The van der Waals surface area contributed by atoms with Gasteiger partial charge in [-0.25, -0.2) is 4.79 Å². The third-order valence-electron chi connectivity index (χ3n) is 2.62. The molecule has 0 fully saturated rings. The maximum absolute atomic E-state index is 11.7. The van der Waals surface area contributed by atoms with E-state index in [2.05, 4.69) is 10.3 Å². The van der Waals surface area contributed by atoms with Crippen molar-refractivity contribution < 1.29 is 9.53 Å². The topological polar surface area (TPSA) is 54.1 Å². The van der Waals surface area contributed by atoms with Crippen molar-refractivity contribution >= 4 is 11.7 Å². The van der Waals surface area contributed by atoms with Crippen LogP contribution in [0.5, 0.6) is 0 Å². The molecule has 1 aromatic heterocycles. The van der Waals surface area contributed by atoms with Crippen molar-refractivity contribution in [2.24, 2.45) is 0 Å². The molecule has 2 aromatic rings. The van der Waals surface area contributed by atoms with Crippen molar-refractivity contribution in [2.75, 3.05) is 5.32 Å². The molecular formula is C15H18N2O2. The third kappa shape index (κ3) is 3.88. The van der Waals surface area contributed by atoms with Gasteiger partial charge >= 0.3 is 5.97 Å². The van der Waals surface area contributed by atoms with Gasteiger partial charge in [0.2, 0.25) is 0 Å². The van der Waals surface area contributed by atoms with Gasteiger partial charge in [-0.2, -0.15) is 0 Å². The smallest absolute Gasteiger partial charge is 0.338 e. The molecule has 0 unspecified atom stereocenters. The molecule has 2 rings (SSSR count). The monoisotopic (exact) mass is 258 g/mol. The average Bonchev–Trinajstić information content (AvgIpc) is 2.89. The van der Waals surface area contributed by atoms with Crippen molar-refractivity contribution in [2.45, 2.75) is 26.5 Å². The molecule has 1 heterocycles. The van der Waals surface area contributed by atoms with Gasteiger partial charge in [0.1, 0.15) is 0 Å². The number of hydrogen-bond donors (Lipinski definition) is 2. The van der Waals surface area contributed by atoms with Crippen LogP contribution in [0.15, 0.2) is 42.7 Å². The summed E-state index contributed by atoms with van der Waals surface area (Å²) < 4.78 is 5.13. The van der Waals surface area contributed by atoms with E-state index in [-0.39, 0.29) is 12.1 Å². The summed E-state index contributed by atoms with van der Waals surface area (Å²) >= 11 is 0. The van der Waals surface area contributed by atoms with Crippen LogP contribution in [0.1, 0.15) is 29.8 Å². The number of ether oxygens (including phenoxy) is 1. The largest absolute Gasteiger partial charge is 0.459 e. The number of hydrogen-bond acceptors (Lipinski definition) is 3. The Hall–Kier alpha value is -2.23. The van der Waals surface area contributed by atoms with Crippen LogP contribution in [-0.4, -0.2) is 17.1 Å². The van der Waals surface area contributed by atoms with E-state index in [0.29, 0.717) is 5.56 Å². The number of esters is 1. The van der Waals surface area contributed by atoms with E-state index < -0.39 is 0 Å². The molecule has 0 aliphatic carbocycles. The van der Waals surface area contributed by atoms with E-state index in [9.17, 15) is 4.79 Å². The maximum Gasteiger partial charge on any atom is 0.338 e. The summed E-state index contributed by atoms with van der Waals surface area (Å²) in [5.41, 5.74) is 2.73. The molecule has 2 N–H and O–H groups in total. The molecule has 0 saturated heterocycles. The van der Waals surface area contributed by atoms with Crippen LogP contribution in [0.25, 0.3) is 0 Å². The van der Waals surface area contributed by atoms with Gasteiger partial charge in [-0.1, -0.05) is 0 Å². The van der Waals surface area contributed by atoms with Crippen molar-refractivity contribution in [3.05, 3.63) is 53.9 Å². The van der Waals surface area contributed by atoms with Crippen molar-refractivity contribution in [1.29, 1.82) is 0 Å². The Labute approximate surface area is 112 Å². The molecule has 0 spiro atoms. The van der Waals surface area contributed by atoms with Crippen LogP contribution in [0.3, 0.4) is 0 Å². The van der Waals surface area contributed by atoms with Gasteiger partial charge in [-0.15, -0.1) is 0 Å². The normalized spacial score (nSPS) is 10.5. The molecule has 0 amide bonds. The predicted molar refractivity (Wildman–Crippen MR) is 75.1 cm³/mol. The first-order chi connectivity index (χ1) is 9.15. The first-order valence-electron chi connectivity index (χ1n) is 6.32. The van der Waals surface area contributed by atoms with Crippen LogP contribution in [0.2, 0.25) is 0 Å². The van der Waals surface area contributed by atoms with Crippen molar-refractivity contribution in [3.8, 4) is 0 Å². The van der Waals surface area contributed by atoms with E-state index >= 15 is 0 Å². The highest BCUT2D eigenvalue weighted by Crippen LogP contribution is 2.12. The Bertz CT molecular complexity index is 516. The number of aromatic nitrogens is 1. The SMILES string of the molecule is CC(C)OC(=O)c1ccc(NCc2cc[nH]c2)cc1. The predicted octanol–water partition coefficient (Wildman–Crippen LogP) is 3.19. The lowest BCUT2D eigenvalue weighted by atomic mass is 10.2. The lowest BCUT2D eigenvalue weighted by Gasteiger charge is -2.09. The van der Waals surface area contributed by atoms with E-state index in [1.165, 1.54) is 5.56 Å². The Morgan fingerprint density at radius 3 is 2.58 bits per heavy atom. The first kappa shape index (κ1) is 13.2. The Morgan fingerprint density at radius 2 is 2.00 bits per heavy atom. The van der Waals surface area contributed by atoms with E-state index in [1.54, 1.807) is 12.1 Å². The van der Waals surface area contributed by atoms with E-state index in [0.717, 1.165) is 12.2 Å². The summed E-state index contributed by atoms with van der Waals surface area (Å²) in [7, 11) is 0. The Kier molecular flexibility index (Phi) is 4.23. The third-order valence-corrected chi connectivity index (χ3v) is 2.62. The second-order valence-electron chi connectivity index (χ2n) is 4.60. The zero-order valence-corrected chi connectivity index (χ0v) is 11.1. The molecule has 100 valence electrons. The van der Waals surface area contributed by atoms with Crippen LogP contribution in [0, 0.1) is 0 Å². The van der Waals surface area contributed by atoms with Gasteiger partial charge in [0.15, 0.2) is 0 Å². The zero-order valence-electron chi connectivity index (χ0n) is 11.1. The fraction of sp³-hybridized carbons (Fsp3) is 0.267. The summed E-state index contributed by atoms with van der Waals surface area (Å²) in [6.07, 6.45) is 3.74. The molecule has 4 heteroatoms. The highest BCUT2D eigenvalue weighted by Gasteiger charge is 2.08. The standard InChI is InChI=1S/C15H18N2O2/c1-11(2)19-15(18)13-3-5-14(6-4-13)17-10-12-7-8-16-9-12/h3-9,11,16-17H,10H2,1-2H3. The summed E-state index contributed by atoms with van der Waals surface area (Å²) in [5, 5.41) is 3.28. The highest BCUT2D eigenvalue weighted by atomic mass is 16.5. The molecule has 0 radical (unpaired) electrons. The summed E-state index contributed by atoms with van der Waals surface area (Å²) in [4.78, 5) is 14.7. The van der Waals surface area contributed by atoms with Crippen LogP contribution in [-0.2, 0) is 11.3 Å². The van der Waals surface area contributed by atoms with Gasteiger partial charge in [0, 0.05) is 24.6 Å². The minimum atomic E-state index is -0.285. The molecule has 0 aliphatic rings. The highest BCUT2D eigenvalue weighted by molar-refractivity contribution is 5.89. The minimum Gasteiger partial charge on any atom is -0.459 e. The number of anilines is 1. The number of carbonyl (C=O) groups excluding carboxylic acids is 1. The lowest BCUT2D eigenvalue weighted by molar-refractivity contribution is 0.0378. The Balaban J connectivity index is 1.92. The fourth-order valence-electron chi connectivity index (χ4n) is 1.68. The van der Waals surface area contributed by atoms with Gasteiger partial charge in [-0.05, 0) is 49.7 Å². The number of carbonyl (C=O) groups is 1. The number of benzene rings is 1. The molecule has 19 heavy (non-hydrogen) atoms. The number of rotatable bonds is 5. The number of nitrogens with one attached hydrogen (secondary N) is 2. The first-order valence-corrected chi connectivity index (χ1v) is 6.32. The molecule has 0 atom stereocenters. The molecule has 0 bridgehead atoms. The van der Waals surface area contributed by atoms with Gasteiger partial charge in [0.05, 0.1) is 11.7 Å². The fourth-order valence-corrected chi connectivity index (χ4v) is 1.68. The van der Waals surface area contributed by atoms with E-state index in [1.807, 2.05) is 44.4 Å². The van der Waals surface area contributed by atoms with Crippen molar-refractivity contribution in [3.63, 3.8) is 0 Å². The molecule has 1 aromatic carbocycles. The molecule has 4 nitrogen and oxygen atoms in total. The second-order valence-corrected chi connectivity index (χ2v) is 4.60. The van der Waals surface area contributed by atoms with Crippen LogP contribution in [0.4, 0.5) is 5.69 Å². The van der Waals surface area contributed by atoms with Crippen LogP contribution < -0.4 is 5.32 Å². The van der Waals surface area contributed by atoms with Gasteiger partial charge in [0.25, 0.3) is 0 Å². The number of H-pyrrole nitrogens is 1. The van der Waals surface area contributed by atoms with Gasteiger partial charge in [-0.3, -0.25) is 0 Å². The number of aromatic amines is 1. The molecular weight excluding hydrogens is 240 g/mol. The van der Waals surface area contributed by atoms with E-state index in [4.69, 9.17) is 4.74 Å². The lowest BCUT2D eigenvalue weighted by Crippen LogP contribution is -2.11. The summed E-state index contributed by atoms with van der Waals surface area (Å²) in [6.45, 7) is 4.43. The average molecular weight is 258 g/mol. The van der Waals surface area contributed by atoms with Crippen molar-refractivity contribution in [1.82, 2.24) is 4.98 Å². The van der Waals surface area contributed by atoms with Crippen LogP contribution >= 0.6 is 0 Å². The maximum atomic E-state index is 11.7. The summed E-state index contributed by atoms with van der Waals surface area (Å²) in [5.74, 6) is -0.285. The zero-order chi connectivity index (χ0) is 13.7. The second kappa shape index (κ2) is 6.09. The quantitative estimate of drug-likeness (QED) is 0.810. The Morgan fingerprint density at radius 1 is 1.26 bits per heavy atom. The van der Waals surface area contributed by atoms with Gasteiger partial charge < -0.3 is 15.0 Å². The minimum absolute atomic E-state index is 0.0982. The molecule has 0 aliphatic heterocycles. The molecule has 0 saturated carbocycles.